The van der Waals surface area contributed by atoms with Gasteiger partial charge in [0.15, 0.2) is 0 Å². The van der Waals surface area contributed by atoms with Crippen molar-refractivity contribution in [2.45, 2.75) is 17.1 Å². The van der Waals surface area contributed by atoms with Gasteiger partial charge in [0.05, 0.1) is 11.5 Å². The maximum Gasteiger partial charge on any atom is 0.253 e. The second-order valence-corrected chi connectivity index (χ2v) is 6.36. The van der Waals surface area contributed by atoms with E-state index in [1.165, 1.54) is 18.0 Å². The van der Waals surface area contributed by atoms with E-state index in [0.717, 1.165) is 4.90 Å². The van der Waals surface area contributed by atoms with Gasteiger partial charge in [-0.1, -0.05) is 23.7 Å². The van der Waals surface area contributed by atoms with Gasteiger partial charge in [-0.3, -0.25) is 4.79 Å². The maximum atomic E-state index is 12.0. The molecule has 1 amide bonds. The van der Waals surface area contributed by atoms with E-state index in [-0.39, 0.29) is 16.9 Å². The fraction of sp³-hybridized carbons (Fsp3) is 0.125. The molecule has 4 nitrogen and oxygen atoms in total. The third-order valence-electron chi connectivity index (χ3n) is 2.81. The number of amides is 1. The number of nitrogens with zero attached hydrogens (tertiary/aromatic N) is 1. The molecule has 0 heterocycles. The summed E-state index contributed by atoms with van der Waals surface area (Å²) in [6, 6.07) is 14.1. The molecule has 0 aliphatic rings. The average Bonchev–Trinajstić information content (AvgIpc) is 2.51. The highest BCUT2D eigenvalue weighted by Gasteiger charge is 2.13. The number of nitrogens with one attached hydrogen (secondary N) is 1. The summed E-state index contributed by atoms with van der Waals surface area (Å²) in [7, 11) is 0. The minimum Gasteiger partial charge on any atom is -0.507 e. The monoisotopic (exact) mass is 334 g/mol. The molecule has 2 N–H and O–H groups in total. The Morgan fingerprint density at radius 3 is 2.64 bits per heavy atom. The number of hydrazone groups is 1. The summed E-state index contributed by atoms with van der Waals surface area (Å²) in [4.78, 5) is 12.9. The standard InChI is InChI=1S/C16H15ClN2O2S/c1-11(22-14-8-6-13(17)7-9-14)16(21)19-18-10-12-4-2-3-5-15(12)20/h2-11,20H,1H3,(H,19,21)/b18-10+/t11-/m0/s1. The Morgan fingerprint density at radius 2 is 1.95 bits per heavy atom. The zero-order valence-electron chi connectivity index (χ0n) is 11.9. The Bertz CT molecular complexity index is 674. The summed E-state index contributed by atoms with van der Waals surface area (Å²) in [5, 5.41) is 13.8. The van der Waals surface area contributed by atoms with Gasteiger partial charge in [-0.2, -0.15) is 5.10 Å². The quantitative estimate of drug-likeness (QED) is 0.498. The largest absolute Gasteiger partial charge is 0.507 e. The molecule has 0 aliphatic carbocycles. The number of hydrogen-bond donors (Lipinski definition) is 2. The molecule has 0 saturated heterocycles. The van der Waals surface area contributed by atoms with Crippen molar-refractivity contribution in [2.24, 2.45) is 5.10 Å². The summed E-state index contributed by atoms with van der Waals surface area (Å²) in [5.74, 6) is -0.101. The molecule has 6 heteroatoms. The van der Waals surface area contributed by atoms with Gasteiger partial charge in [0.25, 0.3) is 5.91 Å². The molecular formula is C16H15ClN2O2S. The zero-order valence-corrected chi connectivity index (χ0v) is 13.4. The van der Waals surface area contributed by atoms with Gasteiger partial charge in [0.1, 0.15) is 5.75 Å². The lowest BCUT2D eigenvalue weighted by Gasteiger charge is -2.09. The number of aromatic hydroxyl groups is 1. The van der Waals surface area contributed by atoms with Crippen molar-refractivity contribution >= 4 is 35.5 Å². The highest BCUT2D eigenvalue weighted by molar-refractivity contribution is 8.00. The highest BCUT2D eigenvalue weighted by Crippen LogP contribution is 2.24. The zero-order chi connectivity index (χ0) is 15.9. The second-order valence-electron chi connectivity index (χ2n) is 4.51. The van der Waals surface area contributed by atoms with Crippen LogP contribution in [-0.2, 0) is 4.79 Å². The van der Waals surface area contributed by atoms with Crippen LogP contribution in [0.5, 0.6) is 5.75 Å². The van der Waals surface area contributed by atoms with E-state index in [0.29, 0.717) is 10.6 Å². The second kappa shape index (κ2) is 7.87. The minimum atomic E-state index is -0.303. The number of phenolic OH excluding ortho intramolecular Hbond substituents is 1. The molecule has 0 unspecified atom stereocenters. The van der Waals surface area contributed by atoms with Crippen LogP contribution in [0.25, 0.3) is 0 Å². The molecule has 0 spiro atoms. The van der Waals surface area contributed by atoms with Gasteiger partial charge >= 0.3 is 0 Å². The van der Waals surface area contributed by atoms with E-state index < -0.39 is 0 Å². The SMILES string of the molecule is C[C@H](Sc1ccc(Cl)cc1)C(=O)N/N=C/c1ccccc1O. The van der Waals surface area contributed by atoms with Gasteiger partial charge in [0, 0.05) is 15.5 Å². The molecule has 0 fully saturated rings. The Labute approximate surface area is 138 Å². The van der Waals surface area contributed by atoms with Crippen molar-refractivity contribution < 1.29 is 9.90 Å². The van der Waals surface area contributed by atoms with E-state index in [4.69, 9.17) is 11.6 Å². The predicted molar refractivity (Wildman–Crippen MR) is 90.6 cm³/mol. The van der Waals surface area contributed by atoms with Gasteiger partial charge in [0.2, 0.25) is 0 Å². The molecule has 0 radical (unpaired) electrons. The topological polar surface area (TPSA) is 61.7 Å². The third kappa shape index (κ3) is 4.79. The minimum absolute atomic E-state index is 0.115. The maximum absolute atomic E-state index is 12.0. The number of carbonyl (C=O) groups excluding carboxylic acids is 1. The lowest BCUT2D eigenvalue weighted by molar-refractivity contribution is -0.120. The van der Waals surface area contributed by atoms with E-state index in [2.05, 4.69) is 10.5 Å². The number of halogens is 1. The van der Waals surface area contributed by atoms with Crippen LogP contribution in [-0.4, -0.2) is 22.5 Å². The van der Waals surface area contributed by atoms with E-state index in [1.807, 2.05) is 12.1 Å². The van der Waals surface area contributed by atoms with Crippen molar-refractivity contribution in [3.8, 4) is 5.75 Å². The average molecular weight is 335 g/mol. The third-order valence-corrected chi connectivity index (χ3v) is 4.17. The van der Waals surface area contributed by atoms with Gasteiger partial charge in [-0.05, 0) is 43.3 Å². The molecule has 2 aromatic rings. The number of rotatable bonds is 5. The molecule has 114 valence electrons. The van der Waals surface area contributed by atoms with E-state index in [1.54, 1.807) is 43.3 Å². The number of phenols is 1. The molecule has 0 bridgehead atoms. The van der Waals surface area contributed by atoms with Crippen molar-refractivity contribution in [1.29, 1.82) is 0 Å². The lowest BCUT2D eigenvalue weighted by Crippen LogP contribution is -2.26. The summed E-state index contributed by atoms with van der Waals surface area (Å²) < 4.78 is 0. The number of para-hydroxylation sites is 1. The fourth-order valence-corrected chi connectivity index (χ4v) is 2.61. The Hall–Kier alpha value is -1.98. The molecule has 0 saturated carbocycles. The predicted octanol–water partition coefficient (Wildman–Crippen LogP) is 3.68. The van der Waals surface area contributed by atoms with Crippen molar-refractivity contribution in [3.05, 3.63) is 59.1 Å². The van der Waals surface area contributed by atoms with E-state index >= 15 is 0 Å². The van der Waals surface area contributed by atoms with E-state index in [9.17, 15) is 9.90 Å². The first kappa shape index (κ1) is 16.4. The Morgan fingerprint density at radius 1 is 1.27 bits per heavy atom. The normalized spacial score (nSPS) is 12.3. The van der Waals surface area contributed by atoms with Crippen LogP contribution >= 0.6 is 23.4 Å². The van der Waals surface area contributed by atoms with Crippen LogP contribution in [0.3, 0.4) is 0 Å². The molecule has 22 heavy (non-hydrogen) atoms. The fourth-order valence-electron chi connectivity index (χ4n) is 1.62. The molecule has 2 rings (SSSR count). The summed E-state index contributed by atoms with van der Waals surface area (Å²) in [6.45, 7) is 1.80. The first-order chi connectivity index (χ1) is 10.6. The van der Waals surface area contributed by atoms with Gasteiger partial charge < -0.3 is 5.11 Å². The number of carbonyl (C=O) groups is 1. The number of hydrogen-bond acceptors (Lipinski definition) is 4. The first-order valence-corrected chi connectivity index (χ1v) is 7.85. The van der Waals surface area contributed by atoms with Crippen molar-refractivity contribution in [3.63, 3.8) is 0 Å². The van der Waals surface area contributed by atoms with Crippen LogP contribution in [0, 0.1) is 0 Å². The Kier molecular flexibility index (Phi) is 5.86. The van der Waals surface area contributed by atoms with Gasteiger partial charge in [-0.15, -0.1) is 11.8 Å². The first-order valence-electron chi connectivity index (χ1n) is 6.59. The van der Waals surface area contributed by atoms with Crippen LogP contribution in [0.2, 0.25) is 5.02 Å². The molecule has 0 aromatic heterocycles. The van der Waals surface area contributed by atoms with Gasteiger partial charge in [-0.25, -0.2) is 5.43 Å². The highest BCUT2D eigenvalue weighted by atomic mass is 35.5. The lowest BCUT2D eigenvalue weighted by atomic mass is 10.2. The summed E-state index contributed by atoms with van der Waals surface area (Å²) in [5.41, 5.74) is 3.00. The summed E-state index contributed by atoms with van der Waals surface area (Å²) in [6.07, 6.45) is 1.41. The molecule has 0 aliphatic heterocycles. The Balaban J connectivity index is 1.89. The van der Waals surface area contributed by atoms with Crippen LogP contribution < -0.4 is 5.43 Å². The molecular weight excluding hydrogens is 320 g/mol. The number of thioether (sulfide) groups is 1. The van der Waals surface area contributed by atoms with Crippen molar-refractivity contribution in [1.82, 2.24) is 5.43 Å². The van der Waals surface area contributed by atoms with Crippen LogP contribution in [0.4, 0.5) is 0 Å². The van der Waals surface area contributed by atoms with Crippen molar-refractivity contribution in [2.75, 3.05) is 0 Å². The smallest absolute Gasteiger partial charge is 0.253 e. The summed E-state index contributed by atoms with van der Waals surface area (Å²) >= 11 is 7.24. The van der Waals surface area contributed by atoms with Crippen LogP contribution in [0.15, 0.2) is 58.5 Å². The van der Waals surface area contributed by atoms with Crippen LogP contribution in [0.1, 0.15) is 12.5 Å². The molecule has 2 aromatic carbocycles. The molecule has 1 atom stereocenters. The number of benzene rings is 2.